The van der Waals surface area contributed by atoms with Gasteiger partial charge in [-0.15, -0.1) is 37.2 Å². The maximum Gasteiger partial charge on any atom is 0.0344 e. The molecule has 0 saturated carbocycles. The molecular weight excluding hydrogens is 268 g/mol. The predicted molar refractivity (Wildman–Crippen MR) is 76.7 cm³/mol. The zero-order valence-electron chi connectivity index (χ0n) is 10.0. The summed E-state index contributed by atoms with van der Waals surface area (Å²) in [5, 5.41) is 3.41. The molecule has 3 nitrogen and oxygen atoms in total. The number of nitrogens with zero attached hydrogens (tertiary/aromatic N) is 2. The van der Waals surface area contributed by atoms with Gasteiger partial charge in [-0.3, -0.25) is 4.90 Å². The number of hydrogen-bond acceptors (Lipinski definition) is 3. The van der Waals surface area contributed by atoms with E-state index in [2.05, 4.69) is 29.2 Å². The summed E-state index contributed by atoms with van der Waals surface area (Å²) in [6.45, 7) is 5.01. The fraction of sp³-hybridized carbons (Fsp3) is 1.00. The molecule has 0 aromatic carbocycles. The van der Waals surface area contributed by atoms with Crippen LogP contribution in [-0.2, 0) is 0 Å². The molecule has 0 aromatic heterocycles. The minimum atomic E-state index is 0. The lowest BCUT2D eigenvalue weighted by Crippen LogP contribution is -2.61. The van der Waals surface area contributed by atoms with E-state index < -0.39 is 0 Å². The molecule has 0 atom stereocenters. The summed E-state index contributed by atoms with van der Waals surface area (Å²) in [5.41, 5.74) is 0. The minimum absolute atomic E-state index is 0. The van der Waals surface area contributed by atoms with Crippen molar-refractivity contribution >= 4 is 37.2 Å². The summed E-state index contributed by atoms with van der Waals surface area (Å²) < 4.78 is 0. The number of nitrogens with one attached hydrogen (secondary N) is 1. The van der Waals surface area contributed by atoms with E-state index in [0.717, 1.165) is 12.1 Å². The summed E-state index contributed by atoms with van der Waals surface area (Å²) in [6.07, 6.45) is 2.69. The largest absolute Gasteiger partial charge is 0.317 e. The van der Waals surface area contributed by atoms with Crippen LogP contribution < -0.4 is 5.32 Å². The van der Waals surface area contributed by atoms with E-state index in [1.165, 1.54) is 39.0 Å². The van der Waals surface area contributed by atoms with Crippen molar-refractivity contribution in [1.82, 2.24) is 15.1 Å². The van der Waals surface area contributed by atoms with Gasteiger partial charge in [0, 0.05) is 25.2 Å². The Kier molecular flexibility index (Phi) is 10.5. The van der Waals surface area contributed by atoms with E-state index in [9.17, 15) is 0 Å². The van der Waals surface area contributed by atoms with Crippen molar-refractivity contribution in [3.63, 3.8) is 0 Å². The molecule has 2 saturated heterocycles. The molecule has 0 bridgehead atoms. The molecule has 2 aliphatic heterocycles. The average Bonchev–Trinajstić information content (AvgIpc) is 2.02. The van der Waals surface area contributed by atoms with Crippen LogP contribution in [0.4, 0.5) is 0 Å². The first kappa shape index (κ1) is 19.1. The fourth-order valence-corrected chi connectivity index (χ4v) is 2.28. The zero-order valence-corrected chi connectivity index (χ0v) is 12.5. The van der Waals surface area contributed by atoms with E-state index in [0.29, 0.717) is 0 Å². The molecule has 6 heteroatoms. The summed E-state index contributed by atoms with van der Waals surface area (Å²) in [7, 11) is 4.37. The molecule has 0 amide bonds. The van der Waals surface area contributed by atoms with Gasteiger partial charge >= 0.3 is 0 Å². The highest BCUT2D eigenvalue weighted by Gasteiger charge is 2.33. The van der Waals surface area contributed by atoms with Crippen molar-refractivity contribution in [1.29, 1.82) is 0 Å². The highest BCUT2D eigenvalue weighted by Crippen LogP contribution is 2.20. The van der Waals surface area contributed by atoms with Gasteiger partial charge in [0.15, 0.2) is 0 Å². The maximum atomic E-state index is 3.41. The number of likely N-dealkylation sites (N-methyl/N-ethyl adjacent to an activating group) is 1. The highest BCUT2D eigenvalue weighted by atomic mass is 35.5. The molecule has 0 spiro atoms. The molecule has 0 aliphatic carbocycles. The Morgan fingerprint density at radius 3 is 1.94 bits per heavy atom. The highest BCUT2D eigenvalue weighted by molar-refractivity contribution is 5.86. The van der Waals surface area contributed by atoms with Gasteiger partial charge in [0.2, 0.25) is 0 Å². The van der Waals surface area contributed by atoms with Gasteiger partial charge in [-0.1, -0.05) is 0 Å². The third-order valence-electron chi connectivity index (χ3n) is 3.45. The van der Waals surface area contributed by atoms with E-state index in [1.807, 2.05) is 0 Å². The third-order valence-corrected chi connectivity index (χ3v) is 3.45. The first-order valence-electron chi connectivity index (χ1n) is 5.38. The lowest BCUT2D eigenvalue weighted by atomic mass is 9.98. The first-order valence-corrected chi connectivity index (χ1v) is 5.38. The van der Waals surface area contributed by atoms with E-state index in [4.69, 9.17) is 0 Å². The molecule has 2 fully saturated rings. The fourth-order valence-electron chi connectivity index (χ4n) is 2.28. The monoisotopic (exact) mass is 291 g/mol. The quantitative estimate of drug-likeness (QED) is 0.826. The van der Waals surface area contributed by atoms with Gasteiger partial charge in [-0.25, -0.2) is 0 Å². The Bertz CT molecular complexity index is 169. The molecule has 100 valence electrons. The first-order chi connectivity index (χ1) is 6.27. The Morgan fingerprint density at radius 2 is 1.50 bits per heavy atom. The van der Waals surface area contributed by atoms with Crippen LogP contribution in [0.2, 0.25) is 0 Å². The van der Waals surface area contributed by atoms with Gasteiger partial charge in [0.05, 0.1) is 0 Å². The lowest BCUT2D eigenvalue weighted by Gasteiger charge is -2.48. The molecule has 0 radical (unpaired) electrons. The molecule has 2 heterocycles. The van der Waals surface area contributed by atoms with Crippen LogP contribution in [-0.4, -0.2) is 62.2 Å². The maximum absolute atomic E-state index is 3.41. The molecule has 16 heavy (non-hydrogen) atoms. The summed E-state index contributed by atoms with van der Waals surface area (Å²) in [6, 6.07) is 1.69. The topological polar surface area (TPSA) is 18.5 Å². The van der Waals surface area contributed by atoms with Crippen LogP contribution >= 0.6 is 37.2 Å². The van der Waals surface area contributed by atoms with Crippen molar-refractivity contribution in [3.8, 4) is 0 Å². The number of piperidine rings is 1. The summed E-state index contributed by atoms with van der Waals surface area (Å²) in [4.78, 5) is 4.99. The van der Waals surface area contributed by atoms with Crippen molar-refractivity contribution in [2.24, 2.45) is 0 Å². The Morgan fingerprint density at radius 1 is 1.00 bits per heavy atom. The molecule has 0 unspecified atom stereocenters. The smallest absolute Gasteiger partial charge is 0.0344 e. The standard InChI is InChI=1S/C10H21N3.3ClH/c1-12(2)10-7-13(8-10)9-3-5-11-6-4-9;;;/h9-11H,3-8H2,1-2H3;3*1H. The normalized spacial score (nSPS) is 22.7. The van der Waals surface area contributed by atoms with Gasteiger partial charge in [0.1, 0.15) is 0 Å². The second-order valence-corrected chi connectivity index (χ2v) is 4.55. The molecule has 1 N–H and O–H groups in total. The second kappa shape index (κ2) is 8.78. The van der Waals surface area contributed by atoms with Crippen LogP contribution in [0.5, 0.6) is 0 Å². The third kappa shape index (κ3) is 4.55. The van der Waals surface area contributed by atoms with Gasteiger partial charge in [-0.2, -0.15) is 0 Å². The lowest BCUT2D eigenvalue weighted by molar-refractivity contribution is 0.0167. The van der Waals surface area contributed by atoms with Crippen molar-refractivity contribution < 1.29 is 0 Å². The van der Waals surface area contributed by atoms with Gasteiger partial charge < -0.3 is 10.2 Å². The Labute approximate surface area is 118 Å². The number of likely N-dealkylation sites (tertiary alicyclic amines) is 1. The second-order valence-electron chi connectivity index (χ2n) is 4.55. The summed E-state index contributed by atoms with van der Waals surface area (Å²) in [5.74, 6) is 0. The van der Waals surface area contributed by atoms with Crippen LogP contribution in [0, 0.1) is 0 Å². The molecular formula is C10H24Cl3N3. The van der Waals surface area contributed by atoms with Gasteiger partial charge in [0.25, 0.3) is 0 Å². The SMILES string of the molecule is CN(C)C1CN(C2CCNCC2)C1.Cl.Cl.Cl. The minimum Gasteiger partial charge on any atom is -0.317 e. The molecule has 0 aromatic rings. The summed E-state index contributed by atoms with van der Waals surface area (Å²) >= 11 is 0. The van der Waals surface area contributed by atoms with Crippen LogP contribution in [0.3, 0.4) is 0 Å². The van der Waals surface area contributed by atoms with Crippen LogP contribution in [0.15, 0.2) is 0 Å². The Hall–Kier alpha value is 0.750. The Balaban J connectivity index is 0. The molecule has 2 rings (SSSR count). The van der Waals surface area contributed by atoms with E-state index in [1.54, 1.807) is 0 Å². The van der Waals surface area contributed by atoms with E-state index >= 15 is 0 Å². The van der Waals surface area contributed by atoms with Crippen molar-refractivity contribution in [2.75, 3.05) is 40.3 Å². The van der Waals surface area contributed by atoms with Crippen molar-refractivity contribution in [2.45, 2.75) is 24.9 Å². The van der Waals surface area contributed by atoms with Gasteiger partial charge in [-0.05, 0) is 40.0 Å². The zero-order chi connectivity index (χ0) is 9.26. The predicted octanol–water partition coefficient (Wildman–Crippen LogP) is 1.25. The number of halogens is 3. The number of hydrogen-bond donors (Lipinski definition) is 1. The van der Waals surface area contributed by atoms with E-state index in [-0.39, 0.29) is 37.2 Å². The number of rotatable bonds is 2. The molecule has 2 aliphatic rings. The van der Waals surface area contributed by atoms with Crippen LogP contribution in [0.1, 0.15) is 12.8 Å². The van der Waals surface area contributed by atoms with Crippen LogP contribution in [0.25, 0.3) is 0 Å². The van der Waals surface area contributed by atoms with Crippen molar-refractivity contribution in [3.05, 3.63) is 0 Å². The average molecular weight is 293 g/mol.